The highest BCUT2D eigenvalue weighted by atomic mass is 35.5. The van der Waals surface area contributed by atoms with Crippen molar-refractivity contribution in [3.05, 3.63) is 69.7 Å². The standard InChI is InChI=1S/C23H25ClO2/c1-4-22(25)20(23(26)5-2)15-18-9-7-17(8-10-18)11-13-19-12-6-16(3)14-21(19)24/h6-14,20H,4-5,15H2,1-3H3/b13-11+. The summed E-state index contributed by atoms with van der Waals surface area (Å²) in [5.74, 6) is -0.470. The van der Waals surface area contributed by atoms with Gasteiger partial charge in [-0.2, -0.15) is 0 Å². The van der Waals surface area contributed by atoms with E-state index in [-0.39, 0.29) is 11.6 Å². The maximum Gasteiger partial charge on any atom is 0.143 e. The fourth-order valence-electron chi connectivity index (χ4n) is 2.85. The highest BCUT2D eigenvalue weighted by molar-refractivity contribution is 6.32. The number of ketones is 2. The van der Waals surface area contributed by atoms with E-state index in [1.807, 2.05) is 75.4 Å². The lowest BCUT2D eigenvalue weighted by Crippen LogP contribution is -2.25. The predicted molar refractivity (Wildman–Crippen MR) is 109 cm³/mol. The molecule has 2 aromatic rings. The number of carbonyl (C=O) groups is 2. The maximum absolute atomic E-state index is 12.1. The van der Waals surface area contributed by atoms with E-state index in [0.29, 0.717) is 19.3 Å². The fourth-order valence-corrected chi connectivity index (χ4v) is 3.15. The van der Waals surface area contributed by atoms with Gasteiger partial charge in [0.2, 0.25) is 0 Å². The number of rotatable bonds is 8. The van der Waals surface area contributed by atoms with Gasteiger partial charge < -0.3 is 0 Å². The molecule has 3 heteroatoms. The van der Waals surface area contributed by atoms with E-state index in [0.717, 1.165) is 27.3 Å². The normalized spacial score (nSPS) is 11.3. The summed E-state index contributed by atoms with van der Waals surface area (Å²) in [6.07, 6.45) is 5.27. The predicted octanol–water partition coefficient (Wildman–Crippen LogP) is 5.94. The average molecular weight is 369 g/mol. The van der Waals surface area contributed by atoms with Crippen molar-refractivity contribution in [1.29, 1.82) is 0 Å². The van der Waals surface area contributed by atoms with Gasteiger partial charge in [0.1, 0.15) is 11.6 Å². The summed E-state index contributed by atoms with van der Waals surface area (Å²) in [4.78, 5) is 24.1. The smallest absolute Gasteiger partial charge is 0.143 e. The quantitative estimate of drug-likeness (QED) is 0.427. The molecule has 0 aliphatic heterocycles. The number of benzene rings is 2. The molecule has 0 radical (unpaired) electrons. The second kappa shape index (κ2) is 9.49. The molecule has 2 nitrogen and oxygen atoms in total. The first kappa shape index (κ1) is 20.1. The van der Waals surface area contributed by atoms with Crippen LogP contribution in [0.3, 0.4) is 0 Å². The van der Waals surface area contributed by atoms with Crippen molar-refractivity contribution in [3.63, 3.8) is 0 Å². The second-order valence-corrected chi connectivity index (χ2v) is 6.90. The van der Waals surface area contributed by atoms with Crippen LogP contribution in [0.5, 0.6) is 0 Å². The zero-order valence-corrected chi connectivity index (χ0v) is 16.3. The van der Waals surface area contributed by atoms with Gasteiger partial charge in [0.05, 0.1) is 5.92 Å². The van der Waals surface area contributed by atoms with E-state index < -0.39 is 5.92 Å². The molecule has 0 aliphatic carbocycles. The summed E-state index contributed by atoms with van der Waals surface area (Å²) >= 11 is 6.25. The number of Topliss-reactive ketones (excluding diaryl/α,β-unsaturated/α-hetero) is 2. The van der Waals surface area contributed by atoms with Gasteiger partial charge in [0.15, 0.2) is 0 Å². The zero-order valence-electron chi connectivity index (χ0n) is 15.6. The third-order valence-electron chi connectivity index (χ3n) is 4.51. The molecule has 0 saturated carbocycles. The molecule has 0 fully saturated rings. The molecule has 2 rings (SSSR count). The first-order chi connectivity index (χ1) is 12.4. The van der Waals surface area contributed by atoms with Crippen molar-refractivity contribution in [1.82, 2.24) is 0 Å². The van der Waals surface area contributed by atoms with Crippen molar-refractivity contribution in [3.8, 4) is 0 Å². The Morgan fingerprint density at radius 2 is 1.58 bits per heavy atom. The van der Waals surface area contributed by atoms with Crippen LogP contribution >= 0.6 is 11.6 Å². The van der Waals surface area contributed by atoms with Crippen LogP contribution in [-0.2, 0) is 16.0 Å². The van der Waals surface area contributed by atoms with Crippen LogP contribution < -0.4 is 0 Å². The molecule has 0 heterocycles. The highest BCUT2D eigenvalue weighted by Gasteiger charge is 2.23. The minimum atomic E-state index is -0.516. The Morgan fingerprint density at radius 3 is 2.12 bits per heavy atom. The summed E-state index contributed by atoms with van der Waals surface area (Å²) in [6, 6.07) is 13.9. The Morgan fingerprint density at radius 1 is 0.962 bits per heavy atom. The van der Waals surface area contributed by atoms with Crippen molar-refractivity contribution in [2.45, 2.75) is 40.0 Å². The van der Waals surface area contributed by atoms with Gasteiger partial charge in [-0.1, -0.05) is 74.0 Å². The summed E-state index contributed by atoms with van der Waals surface area (Å²) < 4.78 is 0. The molecule has 0 atom stereocenters. The summed E-state index contributed by atoms with van der Waals surface area (Å²) in [5.41, 5.74) is 4.16. The van der Waals surface area contributed by atoms with E-state index >= 15 is 0 Å². The summed E-state index contributed by atoms with van der Waals surface area (Å²) in [5, 5.41) is 0.733. The van der Waals surface area contributed by atoms with Crippen LogP contribution in [0.1, 0.15) is 48.9 Å². The molecule has 26 heavy (non-hydrogen) atoms. The fraction of sp³-hybridized carbons (Fsp3) is 0.304. The lowest BCUT2D eigenvalue weighted by Gasteiger charge is -2.13. The minimum Gasteiger partial charge on any atom is -0.299 e. The lowest BCUT2D eigenvalue weighted by atomic mass is 9.89. The molecule has 136 valence electrons. The third-order valence-corrected chi connectivity index (χ3v) is 4.83. The SMILES string of the molecule is CCC(=O)C(Cc1ccc(/C=C/c2ccc(C)cc2Cl)cc1)C(=O)CC. The first-order valence-corrected chi connectivity index (χ1v) is 9.41. The topological polar surface area (TPSA) is 34.1 Å². The summed E-state index contributed by atoms with van der Waals surface area (Å²) in [6.45, 7) is 5.63. The molecule has 2 aromatic carbocycles. The molecule has 0 aromatic heterocycles. The highest BCUT2D eigenvalue weighted by Crippen LogP contribution is 2.21. The van der Waals surface area contributed by atoms with E-state index in [1.54, 1.807) is 0 Å². The van der Waals surface area contributed by atoms with Gasteiger partial charge >= 0.3 is 0 Å². The molecule has 0 spiro atoms. The van der Waals surface area contributed by atoms with Gasteiger partial charge in [0.25, 0.3) is 0 Å². The molecule has 0 N–H and O–H groups in total. The third kappa shape index (κ3) is 5.40. The molecular formula is C23H25ClO2. The number of halogens is 1. The molecule has 0 unspecified atom stereocenters. The van der Waals surface area contributed by atoms with Crippen LogP contribution in [0.4, 0.5) is 0 Å². The Bertz CT molecular complexity index is 787. The average Bonchev–Trinajstić information content (AvgIpc) is 2.65. The number of carbonyl (C=O) groups excluding carboxylic acids is 2. The molecule has 0 saturated heterocycles. The monoisotopic (exact) mass is 368 g/mol. The largest absolute Gasteiger partial charge is 0.299 e. The van der Waals surface area contributed by atoms with Crippen LogP contribution in [0.2, 0.25) is 5.02 Å². The first-order valence-electron chi connectivity index (χ1n) is 9.03. The summed E-state index contributed by atoms with van der Waals surface area (Å²) in [7, 11) is 0. The molecule has 0 amide bonds. The van der Waals surface area contributed by atoms with E-state index in [9.17, 15) is 9.59 Å². The molecular weight excluding hydrogens is 344 g/mol. The second-order valence-electron chi connectivity index (χ2n) is 6.50. The van der Waals surface area contributed by atoms with Gasteiger partial charge in [-0.15, -0.1) is 0 Å². The van der Waals surface area contributed by atoms with Crippen molar-refractivity contribution in [2.75, 3.05) is 0 Å². The Labute approximate surface area is 160 Å². The van der Waals surface area contributed by atoms with Crippen LogP contribution in [0.25, 0.3) is 12.2 Å². The van der Waals surface area contributed by atoms with Crippen LogP contribution in [0, 0.1) is 12.8 Å². The van der Waals surface area contributed by atoms with Crippen molar-refractivity contribution in [2.24, 2.45) is 5.92 Å². The number of hydrogen-bond donors (Lipinski definition) is 0. The Kier molecular flexibility index (Phi) is 7.35. The van der Waals surface area contributed by atoms with Crippen LogP contribution in [-0.4, -0.2) is 11.6 Å². The minimum absolute atomic E-state index is 0.0230. The molecule has 0 bridgehead atoms. The Balaban J connectivity index is 2.10. The maximum atomic E-state index is 12.1. The molecule has 0 aliphatic rings. The van der Waals surface area contributed by atoms with E-state index in [1.165, 1.54) is 0 Å². The van der Waals surface area contributed by atoms with Gasteiger partial charge in [0, 0.05) is 17.9 Å². The van der Waals surface area contributed by atoms with E-state index in [2.05, 4.69) is 0 Å². The van der Waals surface area contributed by atoms with Crippen molar-refractivity contribution < 1.29 is 9.59 Å². The Hall–Kier alpha value is -2.19. The van der Waals surface area contributed by atoms with Gasteiger partial charge in [-0.3, -0.25) is 9.59 Å². The van der Waals surface area contributed by atoms with Crippen LogP contribution in [0.15, 0.2) is 42.5 Å². The zero-order chi connectivity index (χ0) is 19.1. The van der Waals surface area contributed by atoms with Crippen molar-refractivity contribution >= 4 is 35.3 Å². The number of aryl methyl sites for hydroxylation is 1. The lowest BCUT2D eigenvalue weighted by molar-refractivity contribution is -0.132. The van der Waals surface area contributed by atoms with E-state index in [4.69, 9.17) is 11.6 Å². The van der Waals surface area contributed by atoms with Gasteiger partial charge in [-0.25, -0.2) is 0 Å². The number of hydrogen-bond acceptors (Lipinski definition) is 2. The van der Waals surface area contributed by atoms with Gasteiger partial charge in [-0.05, 0) is 41.7 Å².